The van der Waals surface area contributed by atoms with E-state index in [1.807, 2.05) is 11.8 Å². The van der Waals surface area contributed by atoms with Gasteiger partial charge in [0.25, 0.3) is 11.6 Å². The topological polar surface area (TPSA) is 75.9 Å². The Bertz CT molecular complexity index is 868. The number of carbonyl (C=O) groups is 1. The van der Waals surface area contributed by atoms with Crippen molar-refractivity contribution in [2.75, 3.05) is 37.7 Å². The third-order valence-corrected chi connectivity index (χ3v) is 4.70. The van der Waals surface area contributed by atoms with Crippen molar-refractivity contribution in [2.45, 2.75) is 13.5 Å². The summed E-state index contributed by atoms with van der Waals surface area (Å²) in [5, 5.41) is 11.6. The number of amides is 1. The van der Waals surface area contributed by atoms with E-state index >= 15 is 0 Å². The number of nitro benzene ring substituents is 1. The molecule has 0 spiro atoms. The molecule has 8 heteroatoms. The molecule has 7 nitrogen and oxygen atoms in total. The van der Waals surface area contributed by atoms with Gasteiger partial charge in [-0.05, 0) is 36.8 Å². The quantitative estimate of drug-likeness (QED) is 0.562. The van der Waals surface area contributed by atoms with E-state index < -0.39 is 4.92 Å². The zero-order valence-electron chi connectivity index (χ0n) is 15.6. The smallest absolute Gasteiger partial charge is 0.293 e. The largest absolute Gasteiger partial charge is 0.378 e. The highest BCUT2D eigenvalue weighted by Crippen LogP contribution is 2.30. The monoisotopic (exact) mass is 387 g/mol. The molecule has 3 rings (SSSR count). The number of morpholine rings is 1. The normalized spacial score (nSPS) is 14.0. The number of benzene rings is 2. The third kappa shape index (κ3) is 4.45. The molecule has 148 valence electrons. The summed E-state index contributed by atoms with van der Waals surface area (Å²) in [4.78, 5) is 27.4. The van der Waals surface area contributed by atoms with Gasteiger partial charge >= 0.3 is 0 Å². The second-order valence-electron chi connectivity index (χ2n) is 6.51. The maximum atomic E-state index is 13.4. The first-order valence-corrected chi connectivity index (χ1v) is 9.14. The highest BCUT2D eigenvalue weighted by Gasteiger charge is 2.24. The molecule has 1 aliphatic heterocycles. The predicted molar refractivity (Wildman–Crippen MR) is 103 cm³/mol. The van der Waals surface area contributed by atoms with Crippen molar-refractivity contribution >= 4 is 17.3 Å². The molecule has 0 aliphatic carbocycles. The van der Waals surface area contributed by atoms with Gasteiger partial charge in [0.1, 0.15) is 11.5 Å². The van der Waals surface area contributed by atoms with Crippen LogP contribution in [0, 0.1) is 15.9 Å². The van der Waals surface area contributed by atoms with Crippen LogP contribution in [0.25, 0.3) is 0 Å². The number of ether oxygens (including phenoxy) is 1. The molecular weight excluding hydrogens is 365 g/mol. The van der Waals surface area contributed by atoms with Gasteiger partial charge in [0.05, 0.1) is 18.1 Å². The van der Waals surface area contributed by atoms with Crippen molar-refractivity contribution in [2.24, 2.45) is 0 Å². The van der Waals surface area contributed by atoms with Crippen LogP contribution >= 0.6 is 0 Å². The van der Waals surface area contributed by atoms with E-state index in [2.05, 4.69) is 0 Å². The Balaban J connectivity index is 1.85. The van der Waals surface area contributed by atoms with Gasteiger partial charge in [0.15, 0.2) is 0 Å². The molecule has 1 saturated heterocycles. The molecule has 0 unspecified atom stereocenters. The van der Waals surface area contributed by atoms with E-state index in [0.29, 0.717) is 44.1 Å². The van der Waals surface area contributed by atoms with Gasteiger partial charge in [-0.15, -0.1) is 0 Å². The molecule has 1 fully saturated rings. The van der Waals surface area contributed by atoms with Crippen molar-refractivity contribution in [3.05, 3.63) is 69.5 Å². The number of rotatable bonds is 6. The van der Waals surface area contributed by atoms with Gasteiger partial charge in [-0.2, -0.15) is 0 Å². The molecule has 0 N–H and O–H groups in total. The molecule has 1 aliphatic rings. The first kappa shape index (κ1) is 19.8. The summed E-state index contributed by atoms with van der Waals surface area (Å²) in [6.45, 7) is 4.59. The van der Waals surface area contributed by atoms with E-state index in [1.54, 1.807) is 24.3 Å². The van der Waals surface area contributed by atoms with Gasteiger partial charge in [-0.1, -0.05) is 12.1 Å². The van der Waals surface area contributed by atoms with Gasteiger partial charge < -0.3 is 14.5 Å². The molecule has 1 heterocycles. The average Bonchev–Trinajstić information content (AvgIpc) is 2.71. The van der Waals surface area contributed by atoms with Crippen LogP contribution in [0.15, 0.2) is 42.5 Å². The zero-order valence-corrected chi connectivity index (χ0v) is 15.6. The molecule has 0 saturated carbocycles. The summed E-state index contributed by atoms with van der Waals surface area (Å²) >= 11 is 0. The van der Waals surface area contributed by atoms with Crippen molar-refractivity contribution in [1.82, 2.24) is 4.90 Å². The van der Waals surface area contributed by atoms with Gasteiger partial charge in [-0.3, -0.25) is 14.9 Å². The van der Waals surface area contributed by atoms with E-state index in [-0.39, 0.29) is 29.5 Å². The molecular formula is C20H22FN3O4. The molecule has 0 bridgehead atoms. The summed E-state index contributed by atoms with van der Waals surface area (Å²) in [7, 11) is 0. The van der Waals surface area contributed by atoms with Crippen LogP contribution in [0.4, 0.5) is 15.8 Å². The summed E-state index contributed by atoms with van der Waals surface area (Å²) in [6, 6.07) is 10.6. The predicted octanol–water partition coefficient (Wildman–Crippen LogP) is 3.23. The highest BCUT2D eigenvalue weighted by atomic mass is 19.1. The lowest BCUT2D eigenvalue weighted by molar-refractivity contribution is -0.384. The van der Waals surface area contributed by atoms with Crippen LogP contribution in [0.2, 0.25) is 0 Å². The van der Waals surface area contributed by atoms with Crippen LogP contribution < -0.4 is 4.90 Å². The van der Waals surface area contributed by atoms with Gasteiger partial charge in [0.2, 0.25) is 0 Å². The Morgan fingerprint density at radius 1 is 1.25 bits per heavy atom. The number of carbonyl (C=O) groups excluding carboxylic acids is 1. The second-order valence-corrected chi connectivity index (χ2v) is 6.51. The summed E-state index contributed by atoms with van der Waals surface area (Å²) in [5.74, 6) is -0.699. The second kappa shape index (κ2) is 8.79. The lowest BCUT2D eigenvalue weighted by Crippen LogP contribution is -2.36. The number of hydrogen-bond donors (Lipinski definition) is 0. The van der Waals surface area contributed by atoms with Gasteiger partial charge in [0, 0.05) is 37.8 Å². The fraction of sp³-hybridized carbons (Fsp3) is 0.350. The van der Waals surface area contributed by atoms with Crippen LogP contribution in [0.1, 0.15) is 22.8 Å². The van der Waals surface area contributed by atoms with Crippen molar-refractivity contribution in [3.8, 4) is 0 Å². The Kier molecular flexibility index (Phi) is 6.20. The van der Waals surface area contributed by atoms with Crippen molar-refractivity contribution in [1.29, 1.82) is 0 Å². The van der Waals surface area contributed by atoms with Gasteiger partial charge in [-0.25, -0.2) is 4.39 Å². The van der Waals surface area contributed by atoms with Crippen LogP contribution in [0.3, 0.4) is 0 Å². The maximum Gasteiger partial charge on any atom is 0.293 e. The highest BCUT2D eigenvalue weighted by molar-refractivity contribution is 5.95. The van der Waals surface area contributed by atoms with Crippen molar-refractivity contribution < 1.29 is 18.8 Å². The number of halogens is 1. The minimum absolute atomic E-state index is 0.102. The number of nitrogens with zero attached hydrogens (tertiary/aromatic N) is 3. The lowest BCUT2D eigenvalue weighted by Gasteiger charge is -2.28. The molecule has 0 aromatic heterocycles. The minimum Gasteiger partial charge on any atom is -0.378 e. The zero-order chi connectivity index (χ0) is 20.1. The number of nitro groups is 1. The maximum absolute atomic E-state index is 13.4. The van der Waals surface area contributed by atoms with E-state index in [4.69, 9.17) is 4.74 Å². The first-order valence-electron chi connectivity index (χ1n) is 9.14. The molecule has 28 heavy (non-hydrogen) atoms. The molecule has 0 radical (unpaired) electrons. The van der Waals surface area contributed by atoms with E-state index in [1.165, 1.54) is 23.1 Å². The van der Waals surface area contributed by atoms with Crippen LogP contribution in [-0.4, -0.2) is 48.6 Å². The minimum atomic E-state index is -0.468. The number of anilines is 1. The average molecular weight is 387 g/mol. The fourth-order valence-corrected chi connectivity index (χ4v) is 3.24. The lowest BCUT2D eigenvalue weighted by atomic mass is 10.1. The summed E-state index contributed by atoms with van der Waals surface area (Å²) in [6.07, 6.45) is 0. The molecule has 0 atom stereocenters. The number of hydrogen-bond acceptors (Lipinski definition) is 5. The molecule has 2 aromatic rings. The Hall–Kier alpha value is -3.00. The third-order valence-electron chi connectivity index (χ3n) is 4.70. The summed E-state index contributed by atoms with van der Waals surface area (Å²) in [5.41, 5.74) is 1.28. The standard InChI is InChI=1S/C20H22FN3O4/c1-2-22(14-15-4-3-5-17(21)12-15)20(25)16-6-7-18(19(13-16)24(26)27)23-8-10-28-11-9-23/h3-7,12-13H,2,8-11,14H2,1H3. The van der Waals surface area contributed by atoms with E-state index in [9.17, 15) is 19.3 Å². The first-order chi connectivity index (χ1) is 13.5. The Morgan fingerprint density at radius 3 is 2.64 bits per heavy atom. The fourth-order valence-electron chi connectivity index (χ4n) is 3.24. The molecule has 1 amide bonds. The van der Waals surface area contributed by atoms with Crippen molar-refractivity contribution in [3.63, 3.8) is 0 Å². The molecule has 2 aromatic carbocycles. The van der Waals surface area contributed by atoms with E-state index in [0.717, 1.165) is 0 Å². The Morgan fingerprint density at radius 2 is 2.00 bits per heavy atom. The summed E-state index contributed by atoms with van der Waals surface area (Å²) < 4.78 is 18.7. The Labute approximate surface area is 162 Å². The van der Waals surface area contributed by atoms with Crippen LogP contribution in [0.5, 0.6) is 0 Å². The van der Waals surface area contributed by atoms with Crippen LogP contribution in [-0.2, 0) is 11.3 Å². The SMILES string of the molecule is CCN(Cc1cccc(F)c1)C(=O)c1ccc(N2CCOCC2)c([N+](=O)[O-])c1.